The molecule has 6 nitrogen and oxygen atoms in total. The van der Waals surface area contributed by atoms with E-state index in [1.54, 1.807) is 73.1 Å². The van der Waals surface area contributed by atoms with Crippen LogP contribution in [0.2, 0.25) is 5.02 Å². The van der Waals surface area contributed by atoms with Crippen molar-refractivity contribution in [1.82, 2.24) is 9.88 Å². The summed E-state index contributed by atoms with van der Waals surface area (Å²) >= 11 is 6.05. The van der Waals surface area contributed by atoms with Crippen LogP contribution in [0.15, 0.2) is 91.3 Å². The van der Waals surface area contributed by atoms with Crippen molar-refractivity contribution in [3.63, 3.8) is 0 Å². The van der Waals surface area contributed by atoms with Gasteiger partial charge in [0, 0.05) is 29.5 Å². The molecule has 1 aliphatic rings. The summed E-state index contributed by atoms with van der Waals surface area (Å²) in [6.07, 6.45) is 4.90. The number of hydrogen-bond donors (Lipinski definition) is 1. The van der Waals surface area contributed by atoms with Gasteiger partial charge in [-0.25, -0.2) is 0 Å². The summed E-state index contributed by atoms with van der Waals surface area (Å²) in [5, 5.41) is 11.7. The van der Waals surface area contributed by atoms with Gasteiger partial charge in [0.25, 0.3) is 11.7 Å². The number of ether oxygens (including phenoxy) is 1. The normalized spacial score (nSPS) is 17.2. The van der Waals surface area contributed by atoms with E-state index in [1.807, 2.05) is 6.07 Å². The molecule has 7 heteroatoms. The van der Waals surface area contributed by atoms with Crippen molar-refractivity contribution in [2.24, 2.45) is 0 Å². The maximum atomic E-state index is 13.1. The van der Waals surface area contributed by atoms with Crippen molar-refractivity contribution in [2.75, 3.05) is 6.61 Å². The van der Waals surface area contributed by atoms with Crippen LogP contribution in [-0.4, -0.2) is 33.3 Å². The number of carbonyl (C=O) groups excluding carboxylic acids is 2. The number of likely N-dealkylation sites (tertiary alicyclic amines) is 1. The summed E-state index contributed by atoms with van der Waals surface area (Å²) in [4.78, 5) is 31.7. The number of Topliss-reactive ketones (excluding diaryl/α,β-unsaturated/α-hetero) is 1. The molecule has 1 atom stereocenters. The number of aliphatic hydroxyl groups excluding tert-OH is 1. The summed E-state index contributed by atoms with van der Waals surface area (Å²) in [7, 11) is 0. The molecule has 1 fully saturated rings. The maximum absolute atomic E-state index is 13.1. The predicted octanol–water partition coefficient (Wildman–Crippen LogP) is 4.92. The van der Waals surface area contributed by atoms with Crippen molar-refractivity contribution < 1.29 is 19.4 Å². The first-order valence-corrected chi connectivity index (χ1v) is 10.6. The number of nitrogens with zero attached hydrogens (tertiary/aromatic N) is 2. The fourth-order valence-electron chi connectivity index (χ4n) is 3.74. The first-order chi connectivity index (χ1) is 16.0. The highest BCUT2D eigenvalue weighted by Gasteiger charge is 2.46. The fraction of sp³-hybridized carbons (Fsp3) is 0.115. The lowest BCUT2D eigenvalue weighted by Gasteiger charge is -2.25. The standard InChI is InChI=1S/C26H21ClN2O4/c1-2-14-33-21-11-7-19(8-12-21)24(30)22-23(18-5-9-20(27)10-6-18)29(26(32)25(22)31)16-17-4-3-13-28-15-17/h2-13,15,23,30H,1,14,16H2/b24-22+. The molecule has 2 heterocycles. The second-order valence-electron chi connectivity index (χ2n) is 7.46. The number of halogens is 1. The van der Waals surface area contributed by atoms with E-state index >= 15 is 0 Å². The van der Waals surface area contributed by atoms with E-state index in [0.717, 1.165) is 5.56 Å². The number of aromatic nitrogens is 1. The molecular weight excluding hydrogens is 440 g/mol. The van der Waals surface area contributed by atoms with Crippen LogP contribution < -0.4 is 4.74 Å². The molecule has 4 rings (SSSR count). The van der Waals surface area contributed by atoms with Crippen molar-refractivity contribution in [3.05, 3.63) is 113 Å². The number of rotatable bonds is 7. The Morgan fingerprint density at radius 3 is 2.48 bits per heavy atom. The van der Waals surface area contributed by atoms with Crippen LogP contribution in [0.4, 0.5) is 0 Å². The third-order valence-electron chi connectivity index (χ3n) is 5.30. The molecule has 0 bridgehead atoms. The van der Waals surface area contributed by atoms with Crippen molar-refractivity contribution in [1.29, 1.82) is 0 Å². The zero-order chi connectivity index (χ0) is 23.4. The summed E-state index contributed by atoms with van der Waals surface area (Å²) in [6.45, 7) is 4.12. The molecule has 0 radical (unpaired) electrons. The van der Waals surface area contributed by atoms with Crippen LogP contribution in [0, 0.1) is 0 Å². The van der Waals surface area contributed by atoms with Crippen LogP contribution in [-0.2, 0) is 16.1 Å². The molecule has 0 spiro atoms. The molecule has 33 heavy (non-hydrogen) atoms. The van der Waals surface area contributed by atoms with Crippen molar-refractivity contribution in [2.45, 2.75) is 12.6 Å². The summed E-state index contributed by atoms with van der Waals surface area (Å²) in [5.41, 5.74) is 1.85. The van der Waals surface area contributed by atoms with Gasteiger partial charge in [0.2, 0.25) is 0 Å². The van der Waals surface area contributed by atoms with Crippen LogP contribution in [0.3, 0.4) is 0 Å². The highest BCUT2D eigenvalue weighted by atomic mass is 35.5. The number of carbonyl (C=O) groups is 2. The minimum absolute atomic E-state index is 0.0194. The molecule has 2 aromatic carbocycles. The summed E-state index contributed by atoms with van der Waals surface area (Å²) in [6, 6.07) is 16.3. The average molecular weight is 461 g/mol. The van der Waals surface area contributed by atoms with Gasteiger partial charge in [-0.2, -0.15) is 0 Å². The topological polar surface area (TPSA) is 79.7 Å². The number of hydrogen-bond acceptors (Lipinski definition) is 5. The van der Waals surface area contributed by atoms with E-state index < -0.39 is 17.7 Å². The second kappa shape index (κ2) is 9.71. The molecular formula is C26H21ClN2O4. The molecule has 1 saturated heterocycles. The van der Waals surface area contributed by atoms with E-state index in [2.05, 4.69) is 11.6 Å². The van der Waals surface area contributed by atoms with Crippen LogP contribution in [0.1, 0.15) is 22.7 Å². The molecule has 0 aliphatic carbocycles. The third-order valence-corrected chi connectivity index (χ3v) is 5.55. The Labute approximate surface area is 196 Å². The van der Waals surface area contributed by atoms with Gasteiger partial charge in [0.1, 0.15) is 18.1 Å². The fourth-order valence-corrected chi connectivity index (χ4v) is 3.87. The number of benzene rings is 2. The molecule has 3 aromatic rings. The lowest BCUT2D eigenvalue weighted by Crippen LogP contribution is -2.29. The van der Waals surface area contributed by atoms with E-state index in [9.17, 15) is 14.7 Å². The van der Waals surface area contributed by atoms with Crippen molar-refractivity contribution >= 4 is 29.1 Å². The Bertz CT molecular complexity index is 1210. The SMILES string of the molecule is C=CCOc1ccc(/C(O)=C2\C(=O)C(=O)N(Cc3cccnc3)C2c2ccc(Cl)cc2)cc1. The quantitative estimate of drug-likeness (QED) is 0.234. The predicted molar refractivity (Wildman–Crippen MR) is 126 cm³/mol. The molecule has 1 amide bonds. The van der Waals surface area contributed by atoms with Crippen LogP contribution >= 0.6 is 11.6 Å². The smallest absolute Gasteiger partial charge is 0.295 e. The maximum Gasteiger partial charge on any atom is 0.295 e. The van der Waals surface area contributed by atoms with Gasteiger partial charge in [-0.05, 0) is 53.6 Å². The first-order valence-electron chi connectivity index (χ1n) is 10.3. The van der Waals surface area contributed by atoms with Gasteiger partial charge >= 0.3 is 0 Å². The lowest BCUT2D eigenvalue weighted by atomic mass is 9.95. The number of pyridine rings is 1. The molecule has 1 unspecified atom stereocenters. The van der Waals surface area contributed by atoms with Gasteiger partial charge in [-0.1, -0.05) is 42.5 Å². The Morgan fingerprint density at radius 2 is 1.85 bits per heavy atom. The highest BCUT2D eigenvalue weighted by molar-refractivity contribution is 6.46. The molecule has 1 aromatic heterocycles. The number of aliphatic hydroxyl groups is 1. The van der Waals surface area contributed by atoms with Gasteiger partial charge in [-0.15, -0.1) is 0 Å². The minimum Gasteiger partial charge on any atom is -0.507 e. The van der Waals surface area contributed by atoms with Crippen molar-refractivity contribution in [3.8, 4) is 5.75 Å². The minimum atomic E-state index is -0.779. The van der Waals surface area contributed by atoms with Gasteiger partial charge in [-0.3, -0.25) is 14.6 Å². The molecule has 1 N–H and O–H groups in total. The monoisotopic (exact) mass is 460 g/mol. The third kappa shape index (κ3) is 4.66. The molecule has 166 valence electrons. The Kier molecular flexibility index (Phi) is 6.56. The first kappa shape index (κ1) is 22.3. The van der Waals surface area contributed by atoms with E-state index in [4.69, 9.17) is 16.3 Å². The van der Waals surface area contributed by atoms with Crippen LogP contribution in [0.25, 0.3) is 5.76 Å². The van der Waals surface area contributed by atoms with Gasteiger partial charge in [0.15, 0.2) is 0 Å². The van der Waals surface area contributed by atoms with Crippen LogP contribution in [0.5, 0.6) is 5.75 Å². The highest BCUT2D eigenvalue weighted by Crippen LogP contribution is 2.40. The number of amides is 1. The number of ketones is 1. The van der Waals surface area contributed by atoms with Gasteiger partial charge in [0.05, 0.1) is 11.6 Å². The zero-order valence-electron chi connectivity index (χ0n) is 17.6. The Balaban J connectivity index is 1.78. The zero-order valence-corrected chi connectivity index (χ0v) is 18.4. The largest absolute Gasteiger partial charge is 0.507 e. The molecule has 1 aliphatic heterocycles. The summed E-state index contributed by atoms with van der Waals surface area (Å²) < 4.78 is 5.48. The Morgan fingerprint density at radius 1 is 1.12 bits per heavy atom. The van der Waals surface area contributed by atoms with E-state index in [1.165, 1.54) is 4.90 Å². The Hall–Kier alpha value is -3.90. The van der Waals surface area contributed by atoms with E-state index in [0.29, 0.717) is 28.5 Å². The lowest BCUT2D eigenvalue weighted by molar-refractivity contribution is -0.140. The second-order valence-corrected chi connectivity index (χ2v) is 7.90. The average Bonchev–Trinajstić information content (AvgIpc) is 3.08. The van der Waals surface area contributed by atoms with Gasteiger partial charge < -0.3 is 14.7 Å². The summed E-state index contributed by atoms with van der Waals surface area (Å²) in [5.74, 6) is -1.09. The molecule has 0 saturated carbocycles. The van der Waals surface area contributed by atoms with E-state index in [-0.39, 0.29) is 17.9 Å².